The lowest BCUT2D eigenvalue weighted by molar-refractivity contribution is 0.220. The molecule has 110 valence electrons. The largest absolute Gasteiger partial charge is 0.323 e. The first kappa shape index (κ1) is 14.9. The van der Waals surface area contributed by atoms with Gasteiger partial charge in [0.15, 0.2) is 0 Å². The first-order valence-electron chi connectivity index (χ1n) is 6.17. The van der Waals surface area contributed by atoms with Crippen molar-refractivity contribution in [1.29, 1.82) is 0 Å². The first-order chi connectivity index (χ1) is 9.95. The van der Waals surface area contributed by atoms with E-state index in [1.165, 1.54) is 24.1 Å². The minimum Gasteiger partial charge on any atom is -0.323 e. The number of halogens is 3. The van der Waals surface area contributed by atoms with Crippen LogP contribution in [0.25, 0.3) is 0 Å². The molecule has 2 rings (SSSR count). The molecule has 2 amide bonds. The van der Waals surface area contributed by atoms with Crippen molar-refractivity contribution in [3.05, 3.63) is 65.5 Å². The highest BCUT2D eigenvalue weighted by Gasteiger charge is 2.12. The summed E-state index contributed by atoms with van der Waals surface area (Å²) in [7, 11) is 1.51. The number of hydrogen-bond donors (Lipinski definition) is 1. The van der Waals surface area contributed by atoms with Crippen molar-refractivity contribution in [2.45, 2.75) is 6.54 Å². The quantitative estimate of drug-likeness (QED) is 0.918. The van der Waals surface area contributed by atoms with E-state index in [4.69, 9.17) is 0 Å². The van der Waals surface area contributed by atoms with Gasteiger partial charge < -0.3 is 10.2 Å². The Hall–Kier alpha value is -2.50. The Balaban J connectivity index is 2.00. The maximum atomic E-state index is 13.4. The molecule has 2 aromatic rings. The van der Waals surface area contributed by atoms with Crippen LogP contribution in [0, 0.1) is 17.5 Å². The highest BCUT2D eigenvalue weighted by atomic mass is 19.1. The van der Waals surface area contributed by atoms with Crippen LogP contribution in [-0.4, -0.2) is 18.0 Å². The van der Waals surface area contributed by atoms with Gasteiger partial charge in [-0.05, 0) is 29.8 Å². The van der Waals surface area contributed by atoms with Crippen molar-refractivity contribution in [2.75, 3.05) is 12.4 Å². The number of carbonyl (C=O) groups excluding carboxylic acids is 1. The second kappa shape index (κ2) is 6.30. The van der Waals surface area contributed by atoms with Crippen molar-refractivity contribution < 1.29 is 18.0 Å². The number of carbonyl (C=O) groups is 1. The van der Waals surface area contributed by atoms with Gasteiger partial charge in [-0.25, -0.2) is 18.0 Å². The monoisotopic (exact) mass is 294 g/mol. The van der Waals surface area contributed by atoms with Crippen molar-refractivity contribution >= 4 is 11.7 Å². The third-order valence-corrected chi connectivity index (χ3v) is 2.85. The standard InChI is InChI=1S/C15H13F3N2O/c1-20(9-10-2-4-11(16)5-3-10)15(21)19-14-7-6-12(17)8-13(14)18/h2-8H,9H2,1H3,(H,19,21). The van der Waals surface area contributed by atoms with Crippen LogP contribution in [-0.2, 0) is 6.54 Å². The maximum absolute atomic E-state index is 13.4. The minimum absolute atomic E-state index is 0.104. The van der Waals surface area contributed by atoms with Crippen molar-refractivity contribution in [1.82, 2.24) is 4.90 Å². The van der Waals surface area contributed by atoms with Gasteiger partial charge in [-0.2, -0.15) is 0 Å². The molecule has 1 N–H and O–H groups in total. The van der Waals surface area contributed by atoms with Crippen LogP contribution < -0.4 is 5.32 Å². The smallest absolute Gasteiger partial charge is 0.321 e. The van der Waals surface area contributed by atoms with Gasteiger partial charge in [0, 0.05) is 19.7 Å². The number of rotatable bonds is 3. The molecule has 0 saturated heterocycles. The van der Waals surface area contributed by atoms with Crippen LogP contribution >= 0.6 is 0 Å². The molecule has 0 aliphatic heterocycles. The third-order valence-electron chi connectivity index (χ3n) is 2.85. The van der Waals surface area contributed by atoms with Crippen LogP contribution in [0.3, 0.4) is 0 Å². The topological polar surface area (TPSA) is 32.3 Å². The lowest BCUT2D eigenvalue weighted by Crippen LogP contribution is -2.31. The summed E-state index contributed by atoms with van der Waals surface area (Å²) >= 11 is 0. The zero-order valence-corrected chi connectivity index (χ0v) is 11.2. The predicted molar refractivity (Wildman–Crippen MR) is 73.2 cm³/mol. The zero-order valence-electron chi connectivity index (χ0n) is 11.2. The third kappa shape index (κ3) is 3.98. The molecule has 0 atom stereocenters. The van der Waals surface area contributed by atoms with Crippen molar-refractivity contribution in [2.24, 2.45) is 0 Å². The van der Waals surface area contributed by atoms with Gasteiger partial charge in [-0.1, -0.05) is 12.1 Å². The van der Waals surface area contributed by atoms with Crippen LogP contribution in [0.5, 0.6) is 0 Å². The number of amides is 2. The molecule has 6 heteroatoms. The molecule has 0 unspecified atom stereocenters. The van der Waals surface area contributed by atoms with Gasteiger partial charge in [0.05, 0.1) is 5.69 Å². The maximum Gasteiger partial charge on any atom is 0.321 e. The van der Waals surface area contributed by atoms with Crippen molar-refractivity contribution in [3.63, 3.8) is 0 Å². The summed E-state index contributed by atoms with van der Waals surface area (Å²) in [5.41, 5.74) is 0.626. The average molecular weight is 294 g/mol. The molecule has 3 nitrogen and oxygen atoms in total. The van der Waals surface area contributed by atoms with E-state index in [0.29, 0.717) is 6.07 Å². The Kier molecular flexibility index (Phi) is 4.47. The Labute approximate surface area is 120 Å². The summed E-state index contributed by atoms with van der Waals surface area (Å²) in [6, 6.07) is 8.03. The fourth-order valence-corrected chi connectivity index (χ4v) is 1.74. The molecule has 0 aliphatic carbocycles. The SMILES string of the molecule is CN(Cc1ccc(F)cc1)C(=O)Nc1ccc(F)cc1F. The van der Waals surface area contributed by atoms with E-state index in [0.717, 1.165) is 17.7 Å². The normalized spacial score (nSPS) is 10.3. The molecule has 0 aliphatic rings. The number of nitrogens with zero attached hydrogens (tertiary/aromatic N) is 1. The Morgan fingerprint density at radius 2 is 1.67 bits per heavy atom. The Morgan fingerprint density at radius 3 is 2.29 bits per heavy atom. The number of benzene rings is 2. The molecule has 0 radical (unpaired) electrons. The Bertz CT molecular complexity index is 644. The van der Waals surface area contributed by atoms with Gasteiger partial charge in [-0.15, -0.1) is 0 Å². The van der Waals surface area contributed by atoms with E-state index in [9.17, 15) is 18.0 Å². The molecule has 0 fully saturated rings. The number of nitrogens with one attached hydrogen (secondary N) is 1. The molecule has 0 aromatic heterocycles. The molecule has 0 saturated carbocycles. The van der Waals surface area contributed by atoms with Gasteiger partial charge >= 0.3 is 6.03 Å². The van der Waals surface area contributed by atoms with E-state index in [1.807, 2.05) is 0 Å². The summed E-state index contributed by atoms with van der Waals surface area (Å²) in [4.78, 5) is 13.2. The zero-order chi connectivity index (χ0) is 15.4. The van der Waals surface area contributed by atoms with E-state index in [-0.39, 0.29) is 18.0 Å². The van der Waals surface area contributed by atoms with Crippen LogP contribution in [0.2, 0.25) is 0 Å². The first-order valence-corrected chi connectivity index (χ1v) is 6.17. The van der Waals surface area contributed by atoms with Crippen LogP contribution in [0.1, 0.15) is 5.56 Å². The molecule has 0 spiro atoms. The molecular formula is C15H13F3N2O. The Morgan fingerprint density at radius 1 is 1.05 bits per heavy atom. The molecule has 0 heterocycles. The fraction of sp³-hybridized carbons (Fsp3) is 0.133. The van der Waals surface area contributed by atoms with Crippen LogP contribution in [0.15, 0.2) is 42.5 Å². The van der Waals surface area contributed by atoms with Gasteiger partial charge in [-0.3, -0.25) is 0 Å². The summed E-state index contributed by atoms with van der Waals surface area (Å²) in [5.74, 6) is -1.93. The second-order valence-corrected chi connectivity index (χ2v) is 4.54. The second-order valence-electron chi connectivity index (χ2n) is 4.54. The van der Waals surface area contributed by atoms with Gasteiger partial charge in [0.1, 0.15) is 17.5 Å². The average Bonchev–Trinajstić information content (AvgIpc) is 2.44. The summed E-state index contributed by atoms with van der Waals surface area (Å²) in [6.07, 6.45) is 0. The van der Waals surface area contributed by atoms with Crippen LogP contribution in [0.4, 0.5) is 23.7 Å². The summed E-state index contributed by atoms with van der Waals surface area (Å²) in [6.45, 7) is 0.231. The van der Waals surface area contributed by atoms with E-state index < -0.39 is 17.7 Å². The van der Waals surface area contributed by atoms with E-state index in [1.54, 1.807) is 12.1 Å². The molecular weight excluding hydrogens is 281 g/mol. The van der Waals surface area contributed by atoms with E-state index >= 15 is 0 Å². The minimum atomic E-state index is -0.849. The lowest BCUT2D eigenvalue weighted by atomic mass is 10.2. The number of anilines is 1. The number of urea groups is 1. The van der Waals surface area contributed by atoms with Gasteiger partial charge in [0.2, 0.25) is 0 Å². The van der Waals surface area contributed by atoms with Crippen molar-refractivity contribution in [3.8, 4) is 0 Å². The summed E-state index contributed by atoms with van der Waals surface area (Å²) < 4.78 is 39.0. The highest BCUT2D eigenvalue weighted by molar-refractivity contribution is 5.89. The van der Waals surface area contributed by atoms with Gasteiger partial charge in [0.25, 0.3) is 0 Å². The fourth-order valence-electron chi connectivity index (χ4n) is 1.74. The molecule has 21 heavy (non-hydrogen) atoms. The highest BCUT2D eigenvalue weighted by Crippen LogP contribution is 2.15. The summed E-state index contributed by atoms with van der Waals surface area (Å²) in [5, 5.41) is 2.34. The molecule has 2 aromatic carbocycles. The van der Waals surface area contributed by atoms with E-state index in [2.05, 4.69) is 5.32 Å². The molecule has 0 bridgehead atoms. The number of hydrogen-bond acceptors (Lipinski definition) is 1. The predicted octanol–water partition coefficient (Wildman–Crippen LogP) is 3.77. The lowest BCUT2D eigenvalue weighted by Gasteiger charge is -2.18.